The lowest BCUT2D eigenvalue weighted by Gasteiger charge is -2.26. The zero-order valence-corrected chi connectivity index (χ0v) is 29.2. The molecule has 1 aromatic rings. The first-order valence-corrected chi connectivity index (χ1v) is 17.9. The molecule has 15 nitrogen and oxygen atoms in total. The Kier molecular flexibility index (Phi) is 17.3. The number of benzene rings is 1. The molecule has 0 fully saturated rings. The average molecular weight is 761 g/mol. The van der Waals surface area contributed by atoms with Gasteiger partial charge in [-0.3, -0.25) is 28.8 Å². The SMILES string of the molecule is CSCC[C@H](NC(=O)[C@H](CC(C)C)NC(=O)[C@H](CCC(N)=O)NC(=O)CC[C@H](NS(=O)(=O)c1ccc(Cl)c(C(F)(F)F)c1)C(=O)O)C(N)=O. The number of hydrogen-bond donors (Lipinski definition) is 7. The molecule has 49 heavy (non-hydrogen) atoms. The van der Waals surface area contributed by atoms with Gasteiger partial charge in [-0.1, -0.05) is 25.4 Å². The van der Waals surface area contributed by atoms with E-state index >= 15 is 0 Å². The molecule has 1 rings (SSSR count). The van der Waals surface area contributed by atoms with E-state index in [1.54, 1.807) is 24.8 Å². The van der Waals surface area contributed by atoms with Crippen molar-refractivity contribution in [1.82, 2.24) is 20.7 Å². The van der Waals surface area contributed by atoms with Crippen LogP contribution in [0, 0.1) is 5.92 Å². The molecule has 5 amide bonds. The quantitative estimate of drug-likeness (QED) is 0.0931. The van der Waals surface area contributed by atoms with Crippen LogP contribution in [0.3, 0.4) is 0 Å². The van der Waals surface area contributed by atoms with Gasteiger partial charge in [0, 0.05) is 12.8 Å². The van der Waals surface area contributed by atoms with Gasteiger partial charge in [0.05, 0.1) is 15.5 Å². The van der Waals surface area contributed by atoms with Crippen LogP contribution in [0.15, 0.2) is 23.1 Å². The van der Waals surface area contributed by atoms with E-state index < -0.39 is 111 Å². The molecule has 0 spiro atoms. The van der Waals surface area contributed by atoms with Crippen molar-refractivity contribution in [3.63, 3.8) is 0 Å². The number of sulfonamides is 1. The molecule has 0 heterocycles. The maximum Gasteiger partial charge on any atom is 0.417 e. The largest absolute Gasteiger partial charge is 0.480 e. The second-order valence-corrected chi connectivity index (χ2v) is 14.4. The zero-order chi connectivity index (χ0) is 37.7. The van der Waals surface area contributed by atoms with Gasteiger partial charge in [0.25, 0.3) is 0 Å². The maximum absolute atomic E-state index is 13.3. The number of nitrogens with two attached hydrogens (primary N) is 2. The molecule has 0 radical (unpaired) electrons. The highest BCUT2D eigenvalue weighted by molar-refractivity contribution is 7.98. The number of amides is 5. The van der Waals surface area contributed by atoms with Crippen LogP contribution >= 0.6 is 23.4 Å². The summed E-state index contributed by atoms with van der Waals surface area (Å²) < 4.78 is 66.9. The average Bonchev–Trinajstić information content (AvgIpc) is 2.97. The van der Waals surface area contributed by atoms with Crippen molar-refractivity contribution in [2.24, 2.45) is 17.4 Å². The summed E-state index contributed by atoms with van der Waals surface area (Å²) in [5.74, 6) is -5.66. The molecule has 4 atom stereocenters. The van der Waals surface area contributed by atoms with Crippen molar-refractivity contribution >= 4 is 68.9 Å². The second kappa shape index (κ2) is 19.5. The van der Waals surface area contributed by atoms with Gasteiger partial charge in [0.1, 0.15) is 24.2 Å². The summed E-state index contributed by atoms with van der Waals surface area (Å²) in [6, 6.07) is -4.06. The Balaban J connectivity index is 3.11. The minimum Gasteiger partial charge on any atom is -0.480 e. The van der Waals surface area contributed by atoms with Crippen molar-refractivity contribution in [3.05, 3.63) is 28.8 Å². The van der Waals surface area contributed by atoms with Crippen molar-refractivity contribution in [2.75, 3.05) is 12.0 Å². The number of hydrogen-bond acceptors (Lipinski definition) is 9. The van der Waals surface area contributed by atoms with E-state index in [4.69, 9.17) is 23.1 Å². The molecule has 0 aliphatic rings. The van der Waals surface area contributed by atoms with Crippen LogP contribution in [0.5, 0.6) is 0 Å². The highest BCUT2D eigenvalue weighted by atomic mass is 35.5. The lowest BCUT2D eigenvalue weighted by atomic mass is 10.0. The summed E-state index contributed by atoms with van der Waals surface area (Å²) in [5.41, 5.74) is 9.12. The predicted octanol–water partition coefficient (Wildman–Crippen LogP) is 0.875. The normalized spacial score (nSPS) is 14.3. The van der Waals surface area contributed by atoms with E-state index in [0.29, 0.717) is 11.8 Å². The molecule has 276 valence electrons. The first kappa shape index (κ1) is 43.4. The third kappa shape index (κ3) is 15.2. The van der Waals surface area contributed by atoms with E-state index in [9.17, 15) is 55.5 Å². The summed E-state index contributed by atoms with van der Waals surface area (Å²) >= 11 is 6.94. The first-order chi connectivity index (χ1) is 22.6. The minimum atomic E-state index is -5.01. The third-order valence-electron chi connectivity index (χ3n) is 6.75. The molecular formula is C28H40ClF3N6O9S2. The second-order valence-electron chi connectivity index (χ2n) is 11.3. The highest BCUT2D eigenvalue weighted by Gasteiger charge is 2.36. The van der Waals surface area contributed by atoms with Crippen LogP contribution < -0.4 is 32.1 Å². The summed E-state index contributed by atoms with van der Waals surface area (Å²) in [6.07, 6.45) is -5.05. The number of alkyl halides is 3. The van der Waals surface area contributed by atoms with E-state index in [1.807, 2.05) is 0 Å². The summed E-state index contributed by atoms with van der Waals surface area (Å²) in [4.78, 5) is 73.3. The smallest absolute Gasteiger partial charge is 0.417 e. The Bertz CT molecular complexity index is 1480. The molecule has 1 aromatic carbocycles. The summed E-state index contributed by atoms with van der Waals surface area (Å²) in [7, 11) is -4.86. The Hall–Kier alpha value is -3.62. The van der Waals surface area contributed by atoms with Crippen LogP contribution in [-0.4, -0.2) is 85.2 Å². The van der Waals surface area contributed by atoms with Gasteiger partial charge in [-0.25, -0.2) is 8.42 Å². The molecule has 9 N–H and O–H groups in total. The first-order valence-electron chi connectivity index (χ1n) is 14.7. The van der Waals surface area contributed by atoms with E-state index in [2.05, 4.69) is 16.0 Å². The number of carboxylic acid groups (broad SMARTS) is 1. The van der Waals surface area contributed by atoms with Crippen LogP contribution in [0.25, 0.3) is 0 Å². The number of rotatable bonds is 21. The van der Waals surface area contributed by atoms with Gasteiger partial charge < -0.3 is 32.5 Å². The zero-order valence-electron chi connectivity index (χ0n) is 26.8. The molecule has 0 saturated heterocycles. The number of aliphatic carboxylic acids is 1. The molecule has 0 aliphatic carbocycles. The lowest BCUT2D eigenvalue weighted by molar-refractivity contribution is -0.140. The van der Waals surface area contributed by atoms with Crippen molar-refractivity contribution in [1.29, 1.82) is 0 Å². The van der Waals surface area contributed by atoms with Gasteiger partial charge in [0.2, 0.25) is 39.6 Å². The topological polar surface area (TPSA) is 257 Å². The van der Waals surface area contributed by atoms with Gasteiger partial charge in [-0.2, -0.15) is 29.7 Å². The number of primary amides is 2. The Morgan fingerprint density at radius 3 is 1.98 bits per heavy atom. The van der Waals surface area contributed by atoms with Gasteiger partial charge >= 0.3 is 12.1 Å². The number of thioether (sulfide) groups is 1. The minimum absolute atomic E-state index is 0.0978. The van der Waals surface area contributed by atoms with Crippen molar-refractivity contribution in [3.8, 4) is 0 Å². The summed E-state index contributed by atoms with van der Waals surface area (Å²) in [5, 5.41) is 16.1. The number of carbonyl (C=O) groups is 6. The number of carbonyl (C=O) groups excluding carboxylic acids is 5. The van der Waals surface area contributed by atoms with Gasteiger partial charge in [0.15, 0.2) is 0 Å². The summed E-state index contributed by atoms with van der Waals surface area (Å²) in [6.45, 7) is 3.51. The van der Waals surface area contributed by atoms with E-state index in [1.165, 1.54) is 11.8 Å². The molecule has 0 bridgehead atoms. The lowest BCUT2D eigenvalue weighted by Crippen LogP contribution is -2.56. The predicted molar refractivity (Wildman–Crippen MR) is 173 cm³/mol. The van der Waals surface area contributed by atoms with Crippen LogP contribution in [-0.2, 0) is 45.0 Å². The standard InChI is InChI=1S/C28H40ClF3N6O9S2/c1-14(2)12-21(26(43)36-18(24(34)41)10-11-48-3)37-25(42)19(6-8-22(33)39)35-23(40)9-7-20(27(44)45)38-49(46,47)15-4-5-17(29)16(13-15)28(30,31)32/h4-5,13-14,18-21,38H,6-12H2,1-3H3,(H2,33,39)(H2,34,41)(H,35,40)(H,36,43)(H,37,42)(H,44,45)/t18-,19-,20-,21-/m0/s1. The molecular weight excluding hydrogens is 721 g/mol. The van der Waals surface area contributed by atoms with Gasteiger partial charge in [-0.05, 0) is 61.8 Å². The van der Waals surface area contributed by atoms with Crippen molar-refractivity contribution in [2.45, 2.75) is 87.6 Å². The van der Waals surface area contributed by atoms with Crippen LogP contribution in [0.4, 0.5) is 13.2 Å². The third-order valence-corrected chi connectivity index (χ3v) is 9.19. The highest BCUT2D eigenvalue weighted by Crippen LogP contribution is 2.36. The van der Waals surface area contributed by atoms with Gasteiger partial charge in [-0.15, -0.1) is 0 Å². The molecule has 21 heteroatoms. The molecule has 0 aromatic heterocycles. The fourth-order valence-electron chi connectivity index (χ4n) is 4.24. The number of halogens is 4. The Labute approximate surface area is 290 Å². The monoisotopic (exact) mass is 760 g/mol. The number of carboxylic acids is 1. The van der Waals surface area contributed by atoms with Crippen molar-refractivity contribution < 1.29 is 55.5 Å². The van der Waals surface area contributed by atoms with E-state index in [0.717, 1.165) is 6.07 Å². The number of nitrogens with one attached hydrogen (secondary N) is 4. The Morgan fingerprint density at radius 1 is 0.898 bits per heavy atom. The van der Waals surface area contributed by atoms with Crippen LogP contribution in [0.2, 0.25) is 5.02 Å². The van der Waals surface area contributed by atoms with Crippen LogP contribution in [0.1, 0.15) is 57.9 Å². The maximum atomic E-state index is 13.3. The fraction of sp³-hybridized carbons (Fsp3) is 0.571. The fourth-order valence-corrected chi connectivity index (χ4v) is 6.19. The van der Waals surface area contributed by atoms with E-state index in [-0.39, 0.29) is 31.2 Å². The Morgan fingerprint density at radius 2 is 1.47 bits per heavy atom. The molecule has 0 aliphatic heterocycles. The molecule has 0 unspecified atom stereocenters. The molecule has 0 saturated carbocycles.